The van der Waals surface area contributed by atoms with Gasteiger partial charge in [0.2, 0.25) is 20.8 Å². The third-order valence-electron chi connectivity index (χ3n) is 0.194. The third-order valence-corrected chi connectivity index (χ3v) is 0.750. The lowest BCUT2D eigenvalue weighted by molar-refractivity contribution is -0.107. The molecule has 0 saturated heterocycles. The summed E-state index contributed by atoms with van der Waals surface area (Å²) in [5.41, 5.74) is 0. The van der Waals surface area contributed by atoms with Crippen molar-refractivity contribution in [2.45, 2.75) is 0 Å². The van der Waals surface area contributed by atoms with Gasteiger partial charge in [0, 0.05) is 0 Å². The molecule has 16 heteroatoms. The second-order valence-corrected chi connectivity index (χ2v) is 3.55. The van der Waals surface area contributed by atoms with Crippen LogP contribution in [0, 0.1) is 0 Å². The Labute approximate surface area is 92.9 Å². The molecule has 16 heavy (non-hydrogen) atoms. The predicted molar refractivity (Wildman–Crippen MR) is 46.9 cm³/mol. The van der Waals surface area contributed by atoms with Crippen LogP contribution in [-0.4, -0.2) is 39.3 Å². The average Bonchev–Trinajstić information content (AvgIpc) is 1.79. The molecule has 10 N–H and O–H groups in total. The molecule has 0 unspecified atom stereocenters. The standard InChI is InChI=1S/2H3N.H2O8S2.H2O3S/c;;1-9(2,3)7-8-10(4,5)6;1-4(2)3/h2*1H3;(H,1,2,3)(H,4,5,6);(H2,1,2,3). The van der Waals surface area contributed by atoms with E-state index in [1.807, 2.05) is 0 Å². The maximum Gasteiger partial charge on any atom is 0.299 e. The van der Waals surface area contributed by atoms with E-state index in [9.17, 15) is 25.9 Å². The highest BCUT2D eigenvalue weighted by Gasteiger charge is 1.99. The summed E-state index contributed by atoms with van der Waals surface area (Å²) in [6.07, 6.45) is 0. The van der Waals surface area contributed by atoms with Crippen LogP contribution in [0.2, 0.25) is 0 Å². The van der Waals surface area contributed by atoms with Crippen LogP contribution in [0.5, 0.6) is 0 Å². The zero-order valence-corrected chi connectivity index (χ0v) is 10.2. The lowest BCUT2D eigenvalue weighted by Gasteiger charge is -2.07. The van der Waals surface area contributed by atoms with Crippen molar-refractivity contribution in [3.8, 4) is 0 Å². The maximum absolute atomic E-state index is 9.37. The van der Waals surface area contributed by atoms with Gasteiger partial charge in [0.1, 0.15) is 0 Å². The van der Waals surface area contributed by atoms with E-state index in [2.05, 4.69) is 8.67 Å². The average molecular weight is 310 g/mol. The van der Waals surface area contributed by atoms with Gasteiger partial charge in [-0.25, -0.2) is 16.8 Å². The van der Waals surface area contributed by atoms with Crippen LogP contribution in [0.25, 0.3) is 0 Å². The van der Waals surface area contributed by atoms with Crippen molar-refractivity contribution in [1.82, 2.24) is 12.3 Å². The van der Waals surface area contributed by atoms with Crippen LogP contribution in [0.4, 0.5) is 0 Å². The van der Waals surface area contributed by atoms with Gasteiger partial charge in [-0.15, -0.1) is 8.67 Å². The van der Waals surface area contributed by atoms with Crippen molar-refractivity contribution in [3.63, 3.8) is 0 Å². The highest BCUT2D eigenvalue weighted by Crippen LogP contribution is 1.92. The second-order valence-electron chi connectivity index (χ2n) is 1.18. The molecular formula is H10N2O11S3. The van der Waals surface area contributed by atoms with Crippen molar-refractivity contribution in [2.24, 2.45) is 0 Å². The molecule has 0 rings (SSSR count). The van der Waals surface area contributed by atoms with Gasteiger partial charge in [-0.2, -0.15) is 4.21 Å². The van der Waals surface area contributed by atoms with E-state index in [0.717, 1.165) is 0 Å². The van der Waals surface area contributed by atoms with E-state index < -0.39 is 32.2 Å². The van der Waals surface area contributed by atoms with Gasteiger partial charge in [-0.3, -0.25) is 9.11 Å². The van der Waals surface area contributed by atoms with Crippen molar-refractivity contribution in [2.75, 3.05) is 0 Å². The third kappa shape index (κ3) is 49.1. The maximum atomic E-state index is 9.37. The fourth-order valence-corrected chi connectivity index (χ4v) is 0.612. The van der Waals surface area contributed by atoms with E-state index in [4.69, 9.17) is 13.3 Å². The highest BCUT2D eigenvalue weighted by atomic mass is 32.3. The van der Waals surface area contributed by atoms with Crippen molar-refractivity contribution < 1.29 is 47.9 Å². The zero-order chi connectivity index (χ0) is 12.0. The molecule has 0 fully saturated rings. The number of hydrogen-bond acceptors (Lipinski definition) is 9. The monoisotopic (exact) mass is 310 g/mol. The van der Waals surface area contributed by atoms with Crippen LogP contribution >= 0.6 is 0 Å². The lowest BCUT2D eigenvalue weighted by atomic mass is 14.0. The zero-order valence-electron chi connectivity index (χ0n) is 7.79. The summed E-state index contributed by atoms with van der Waals surface area (Å²) in [5, 5.41) is 0. The smallest absolute Gasteiger partial charge is 0.299 e. The van der Waals surface area contributed by atoms with E-state index in [-0.39, 0.29) is 12.3 Å². The molecule has 0 heterocycles. The first kappa shape index (κ1) is 24.8. The molecule has 0 aromatic carbocycles. The summed E-state index contributed by atoms with van der Waals surface area (Å²) in [6.45, 7) is 0. The van der Waals surface area contributed by atoms with Crippen molar-refractivity contribution in [3.05, 3.63) is 0 Å². The number of rotatable bonds is 3. The van der Waals surface area contributed by atoms with Gasteiger partial charge in [0.15, 0.2) is 0 Å². The molecule has 0 atom stereocenters. The van der Waals surface area contributed by atoms with E-state index >= 15 is 0 Å². The molecule has 0 amide bonds. The summed E-state index contributed by atoms with van der Waals surface area (Å²) in [7, 11) is -10.6. The summed E-state index contributed by atoms with van der Waals surface area (Å²) in [4.78, 5) is 0. The Morgan fingerprint density at radius 1 is 0.875 bits per heavy atom. The van der Waals surface area contributed by atoms with Gasteiger partial charge in [0.05, 0.1) is 0 Å². The van der Waals surface area contributed by atoms with Crippen molar-refractivity contribution >= 4 is 32.2 Å². The molecule has 0 saturated carbocycles. The normalized spacial score (nSPS) is 10.6. The van der Waals surface area contributed by atoms with Gasteiger partial charge in [0.25, 0.3) is 11.4 Å². The lowest BCUT2D eigenvalue weighted by Crippen LogP contribution is -2.10. The molecule has 0 aliphatic heterocycles. The molecule has 0 aliphatic carbocycles. The molecule has 0 radical (unpaired) electrons. The van der Waals surface area contributed by atoms with Crippen LogP contribution in [-0.2, 0) is 40.8 Å². The second kappa shape index (κ2) is 9.92. The topological polar surface area (TPSA) is 263 Å². The quantitative estimate of drug-likeness (QED) is 0.150. The van der Waals surface area contributed by atoms with Gasteiger partial charge >= 0.3 is 0 Å². The Balaban J connectivity index is -0.000000105. The van der Waals surface area contributed by atoms with Gasteiger partial charge in [-0.1, -0.05) is 0 Å². The number of hydrogen-bond donors (Lipinski definition) is 4. The minimum Gasteiger partial charge on any atom is -0.724 e. The van der Waals surface area contributed by atoms with E-state index in [0.29, 0.717) is 0 Å². The SMILES string of the molecule is O=S(=O)([O-])OOS(=O)(=O)[O-].O=S(O)O.[NH4+].[NH4+]. The number of quaternary nitrogens is 2. The molecular weight excluding hydrogens is 300 g/mol. The first-order valence-electron chi connectivity index (χ1n) is 2.03. The van der Waals surface area contributed by atoms with E-state index in [1.54, 1.807) is 0 Å². The highest BCUT2D eigenvalue weighted by molar-refractivity contribution is 7.83. The summed E-state index contributed by atoms with van der Waals surface area (Å²) in [6, 6.07) is 0. The minimum absolute atomic E-state index is 0. The Hall–Kier alpha value is -0.270. The van der Waals surface area contributed by atoms with Gasteiger partial charge in [-0.05, 0) is 0 Å². The molecule has 0 aliphatic rings. The predicted octanol–water partition coefficient (Wildman–Crippen LogP) is -1.71. The van der Waals surface area contributed by atoms with Gasteiger partial charge < -0.3 is 21.4 Å². The Kier molecular flexibility index (Phi) is 15.4. The van der Waals surface area contributed by atoms with Crippen LogP contribution in [0.15, 0.2) is 0 Å². The Morgan fingerprint density at radius 3 is 1.06 bits per heavy atom. The first-order chi connectivity index (χ1) is 5.94. The Bertz CT molecular complexity index is 326. The molecule has 0 aromatic heterocycles. The van der Waals surface area contributed by atoms with Crippen LogP contribution in [0.3, 0.4) is 0 Å². The molecule has 0 spiro atoms. The molecule has 0 aromatic rings. The van der Waals surface area contributed by atoms with E-state index in [1.165, 1.54) is 0 Å². The Morgan fingerprint density at radius 2 is 1.00 bits per heavy atom. The first-order valence-corrected chi connectivity index (χ1v) is 5.76. The van der Waals surface area contributed by atoms with Crippen LogP contribution < -0.4 is 12.3 Å². The summed E-state index contributed by atoms with van der Waals surface area (Å²) < 4.78 is 84.3. The minimum atomic E-state index is -5.31. The molecule has 0 bridgehead atoms. The van der Waals surface area contributed by atoms with Crippen molar-refractivity contribution in [1.29, 1.82) is 0 Å². The fourth-order valence-electron chi connectivity index (χ4n) is 0.0680. The molecule has 13 nitrogen and oxygen atoms in total. The largest absolute Gasteiger partial charge is 0.724 e. The van der Waals surface area contributed by atoms with Crippen LogP contribution in [0.1, 0.15) is 0 Å². The summed E-state index contributed by atoms with van der Waals surface area (Å²) in [5.74, 6) is 0. The fraction of sp³-hybridized carbons (Fsp3) is 0. The molecule has 104 valence electrons. The summed E-state index contributed by atoms with van der Waals surface area (Å²) >= 11 is -2.61.